The first kappa shape index (κ1) is 20.7. The van der Waals surface area contributed by atoms with Crippen LogP contribution in [0.25, 0.3) is 0 Å². The van der Waals surface area contributed by atoms with Crippen LogP contribution >= 0.6 is 0 Å². The van der Waals surface area contributed by atoms with Crippen LogP contribution in [0.3, 0.4) is 0 Å². The number of nitrogens with one attached hydrogen (secondary N) is 2. The van der Waals surface area contributed by atoms with E-state index in [4.69, 9.17) is 14.5 Å². The van der Waals surface area contributed by atoms with E-state index >= 15 is 0 Å². The number of rotatable bonds is 8. The van der Waals surface area contributed by atoms with Crippen molar-refractivity contribution in [2.45, 2.75) is 50.5 Å². The number of amides is 1. The Kier molecular flexibility index (Phi) is 6.22. The van der Waals surface area contributed by atoms with Gasteiger partial charge in [0.1, 0.15) is 17.3 Å². The SMILES string of the molecule is COc1ccc(OC)c([C@@H](C)NC(=O)CN2CCC(c3nc(C4CC4)n[nH]3)CC2)c1. The molecule has 2 heterocycles. The number of likely N-dealkylation sites (tertiary alicyclic amines) is 1. The van der Waals surface area contributed by atoms with Crippen LogP contribution in [-0.4, -0.2) is 59.8 Å². The molecule has 1 saturated carbocycles. The van der Waals surface area contributed by atoms with Crippen molar-refractivity contribution in [3.8, 4) is 11.5 Å². The lowest BCUT2D eigenvalue weighted by Crippen LogP contribution is -2.42. The molecule has 2 fully saturated rings. The van der Waals surface area contributed by atoms with Gasteiger partial charge in [0.05, 0.1) is 26.8 Å². The summed E-state index contributed by atoms with van der Waals surface area (Å²) in [6.45, 7) is 4.12. The third-order valence-electron chi connectivity index (χ3n) is 6.08. The minimum Gasteiger partial charge on any atom is -0.497 e. The molecule has 162 valence electrons. The van der Waals surface area contributed by atoms with E-state index in [-0.39, 0.29) is 11.9 Å². The third kappa shape index (κ3) is 4.75. The molecule has 1 aliphatic heterocycles. The molecule has 30 heavy (non-hydrogen) atoms. The number of carbonyl (C=O) groups is 1. The summed E-state index contributed by atoms with van der Waals surface area (Å²) in [7, 11) is 3.26. The van der Waals surface area contributed by atoms with E-state index in [1.807, 2.05) is 25.1 Å². The molecule has 0 unspecified atom stereocenters. The maximum atomic E-state index is 12.6. The van der Waals surface area contributed by atoms with Gasteiger partial charge in [0.2, 0.25) is 5.91 Å². The number of hydrogen-bond donors (Lipinski definition) is 2. The van der Waals surface area contributed by atoms with E-state index in [0.29, 0.717) is 18.4 Å². The number of aromatic amines is 1. The molecule has 0 spiro atoms. The van der Waals surface area contributed by atoms with Crippen molar-refractivity contribution in [2.24, 2.45) is 0 Å². The van der Waals surface area contributed by atoms with E-state index in [1.165, 1.54) is 12.8 Å². The highest BCUT2D eigenvalue weighted by atomic mass is 16.5. The van der Waals surface area contributed by atoms with Crippen LogP contribution in [0.2, 0.25) is 0 Å². The van der Waals surface area contributed by atoms with Gasteiger partial charge in [0.15, 0.2) is 5.82 Å². The predicted molar refractivity (Wildman–Crippen MR) is 113 cm³/mol. The second kappa shape index (κ2) is 9.04. The topological polar surface area (TPSA) is 92.4 Å². The Morgan fingerprint density at radius 3 is 2.63 bits per heavy atom. The minimum absolute atomic E-state index is 0.0153. The summed E-state index contributed by atoms with van der Waals surface area (Å²) in [6.07, 6.45) is 4.41. The summed E-state index contributed by atoms with van der Waals surface area (Å²) in [5, 5.41) is 10.6. The Morgan fingerprint density at radius 2 is 1.97 bits per heavy atom. The summed E-state index contributed by atoms with van der Waals surface area (Å²) in [5.74, 6) is 4.47. The molecule has 0 bridgehead atoms. The van der Waals surface area contributed by atoms with Gasteiger partial charge in [0, 0.05) is 17.4 Å². The molecule has 1 atom stereocenters. The molecule has 8 nitrogen and oxygen atoms in total. The summed E-state index contributed by atoms with van der Waals surface area (Å²) in [4.78, 5) is 19.5. The largest absolute Gasteiger partial charge is 0.497 e. The number of benzene rings is 1. The predicted octanol–water partition coefficient (Wildman–Crippen LogP) is 2.76. The molecular formula is C22H31N5O3. The van der Waals surface area contributed by atoms with Crippen molar-refractivity contribution in [1.82, 2.24) is 25.4 Å². The molecule has 1 aromatic heterocycles. The first-order chi connectivity index (χ1) is 14.6. The fourth-order valence-corrected chi connectivity index (χ4v) is 4.10. The highest BCUT2D eigenvalue weighted by Crippen LogP contribution is 2.38. The van der Waals surface area contributed by atoms with Crippen LogP contribution in [0, 0.1) is 0 Å². The van der Waals surface area contributed by atoms with Crippen LogP contribution in [-0.2, 0) is 4.79 Å². The second-order valence-electron chi connectivity index (χ2n) is 8.30. The molecule has 2 N–H and O–H groups in total. The molecule has 4 rings (SSSR count). The average Bonchev–Trinajstić information content (AvgIpc) is 3.50. The lowest BCUT2D eigenvalue weighted by atomic mass is 9.96. The van der Waals surface area contributed by atoms with E-state index in [2.05, 4.69) is 20.4 Å². The van der Waals surface area contributed by atoms with Gasteiger partial charge in [0.25, 0.3) is 0 Å². The molecular weight excluding hydrogens is 382 g/mol. The summed E-state index contributed by atoms with van der Waals surface area (Å²) in [5.41, 5.74) is 0.903. The highest BCUT2D eigenvalue weighted by Gasteiger charge is 2.30. The molecule has 2 aromatic rings. The summed E-state index contributed by atoms with van der Waals surface area (Å²) >= 11 is 0. The molecule has 1 amide bonds. The molecule has 1 aliphatic carbocycles. The van der Waals surface area contributed by atoms with Gasteiger partial charge >= 0.3 is 0 Å². The van der Waals surface area contributed by atoms with Gasteiger partial charge in [-0.3, -0.25) is 14.8 Å². The number of ether oxygens (including phenoxy) is 2. The van der Waals surface area contributed by atoms with E-state index in [0.717, 1.165) is 54.6 Å². The number of methoxy groups -OCH3 is 2. The Bertz CT molecular complexity index is 871. The standard InChI is InChI=1S/C22H31N5O3/c1-14(18-12-17(29-2)6-7-19(18)30-3)23-20(28)13-27-10-8-16(9-11-27)22-24-21(25-26-22)15-4-5-15/h6-7,12,14-16H,4-5,8-11,13H2,1-3H3,(H,23,28)(H,24,25,26)/t14-/m1/s1. The van der Waals surface area contributed by atoms with Crippen molar-refractivity contribution < 1.29 is 14.3 Å². The minimum atomic E-state index is -0.171. The van der Waals surface area contributed by atoms with Crippen molar-refractivity contribution in [3.05, 3.63) is 35.4 Å². The zero-order chi connectivity index (χ0) is 21.1. The number of piperidine rings is 1. The Hall–Kier alpha value is -2.61. The zero-order valence-electron chi connectivity index (χ0n) is 18.0. The van der Waals surface area contributed by atoms with Crippen molar-refractivity contribution >= 4 is 5.91 Å². The van der Waals surface area contributed by atoms with Gasteiger partial charge < -0.3 is 14.8 Å². The van der Waals surface area contributed by atoms with Gasteiger partial charge in [-0.25, -0.2) is 4.98 Å². The van der Waals surface area contributed by atoms with Crippen molar-refractivity contribution in [3.63, 3.8) is 0 Å². The average molecular weight is 414 g/mol. The maximum absolute atomic E-state index is 12.6. The van der Waals surface area contributed by atoms with Gasteiger partial charge in [-0.1, -0.05) is 0 Å². The first-order valence-electron chi connectivity index (χ1n) is 10.7. The lowest BCUT2D eigenvalue weighted by Gasteiger charge is -2.30. The number of carbonyl (C=O) groups excluding carboxylic acids is 1. The van der Waals surface area contributed by atoms with Crippen LogP contribution in [0.1, 0.15) is 67.7 Å². The number of H-pyrrole nitrogens is 1. The smallest absolute Gasteiger partial charge is 0.234 e. The fraction of sp³-hybridized carbons (Fsp3) is 0.591. The quantitative estimate of drug-likeness (QED) is 0.691. The summed E-state index contributed by atoms with van der Waals surface area (Å²) in [6, 6.07) is 5.45. The van der Waals surface area contributed by atoms with Gasteiger partial charge in [-0.05, 0) is 63.9 Å². The normalized spacial score (nSPS) is 18.8. The highest BCUT2D eigenvalue weighted by molar-refractivity contribution is 5.78. The molecule has 2 aliphatic rings. The Labute approximate surface area is 177 Å². The van der Waals surface area contributed by atoms with E-state index < -0.39 is 0 Å². The summed E-state index contributed by atoms with van der Waals surface area (Å²) < 4.78 is 10.7. The van der Waals surface area contributed by atoms with Crippen LogP contribution in [0.15, 0.2) is 18.2 Å². The fourth-order valence-electron chi connectivity index (χ4n) is 4.10. The van der Waals surface area contributed by atoms with Crippen molar-refractivity contribution in [2.75, 3.05) is 33.9 Å². The second-order valence-corrected chi connectivity index (χ2v) is 8.30. The van der Waals surface area contributed by atoms with Crippen molar-refractivity contribution in [1.29, 1.82) is 0 Å². The zero-order valence-corrected chi connectivity index (χ0v) is 18.0. The maximum Gasteiger partial charge on any atom is 0.234 e. The first-order valence-corrected chi connectivity index (χ1v) is 10.7. The van der Waals surface area contributed by atoms with Crippen LogP contribution in [0.5, 0.6) is 11.5 Å². The van der Waals surface area contributed by atoms with E-state index in [1.54, 1.807) is 14.2 Å². The van der Waals surface area contributed by atoms with Gasteiger partial charge in [-0.2, -0.15) is 5.10 Å². The molecule has 1 aromatic carbocycles. The lowest BCUT2D eigenvalue weighted by molar-refractivity contribution is -0.123. The molecule has 8 heteroatoms. The van der Waals surface area contributed by atoms with E-state index in [9.17, 15) is 4.79 Å². The number of hydrogen-bond acceptors (Lipinski definition) is 6. The monoisotopic (exact) mass is 413 g/mol. The molecule has 1 saturated heterocycles. The van der Waals surface area contributed by atoms with Crippen LogP contribution in [0.4, 0.5) is 0 Å². The van der Waals surface area contributed by atoms with Crippen LogP contribution < -0.4 is 14.8 Å². The van der Waals surface area contributed by atoms with Gasteiger partial charge in [-0.15, -0.1) is 0 Å². The number of nitrogens with zero attached hydrogens (tertiary/aromatic N) is 3. The Balaban J connectivity index is 1.27. The molecule has 0 radical (unpaired) electrons. The Morgan fingerprint density at radius 1 is 1.20 bits per heavy atom. The number of aromatic nitrogens is 3. The third-order valence-corrected chi connectivity index (χ3v) is 6.08.